The Kier molecular flexibility index (Phi) is 4.94. The minimum atomic E-state index is -0.727. The van der Waals surface area contributed by atoms with E-state index in [1.807, 2.05) is 13.8 Å². The Bertz CT molecular complexity index is 345. The number of piperazine rings is 1. The molecule has 0 radical (unpaired) electrons. The normalized spacial score (nSPS) is 18.8. The second-order valence-electron chi connectivity index (χ2n) is 4.48. The third-order valence-corrected chi connectivity index (χ3v) is 3.13. The van der Waals surface area contributed by atoms with Gasteiger partial charge in [0.25, 0.3) is 0 Å². The van der Waals surface area contributed by atoms with Crippen LogP contribution in [-0.2, 0) is 9.59 Å². The molecule has 18 heavy (non-hydrogen) atoms. The van der Waals surface area contributed by atoms with Crippen LogP contribution in [0.1, 0.15) is 20.3 Å². The van der Waals surface area contributed by atoms with Crippen molar-refractivity contribution in [2.45, 2.75) is 26.3 Å². The van der Waals surface area contributed by atoms with Crippen LogP contribution >= 0.6 is 0 Å². The molecule has 1 aliphatic heterocycles. The van der Waals surface area contributed by atoms with Crippen LogP contribution in [0.4, 0.5) is 4.79 Å². The summed E-state index contributed by atoms with van der Waals surface area (Å²) in [5.41, 5.74) is 5.08. The molecule has 0 saturated carbocycles. The first-order valence-corrected chi connectivity index (χ1v) is 6.07. The van der Waals surface area contributed by atoms with Crippen molar-refractivity contribution in [1.29, 1.82) is 0 Å². The number of rotatable bonds is 4. The van der Waals surface area contributed by atoms with Crippen molar-refractivity contribution >= 4 is 17.8 Å². The van der Waals surface area contributed by atoms with Crippen molar-refractivity contribution in [2.75, 3.05) is 19.6 Å². The van der Waals surface area contributed by atoms with Crippen LogP contribution < -0.4 is 16.4 Å². The molecule has 0 bridgehead atoms. The second kappa shape index (κ2) is 6.23. The van der Waals surface area contributed by atoms with Gasteiger partial charge in [0.15, 0.2) is 0 Å². The number of hydrogen-bond donors (Lipinski definition) is 3. The van der Waals surface area contributed by atoms with Gasteiger partial charge in [0.1, 0.15) is 6.04 Å². The van der Waals surface area contributed by atoms with Crippen LogP contribution in [0.5, 0.6) is 0 Å². The third-order valence-electron chi connectivity index (χ3n) is 3.13. The number of urea groups is 1. The SMILES string of the molecule is CC[C@H](C)[C@H](NC(N)=O)C(=O)N1CCNC(=O)C1. The van der Waals surface area contributed by atoms with Gasteiger partial charge in [-0.1, -0.05) is 20.3 Å². The molecule has 1 aliphatic rings. The molecule has 0 aromatic rings. The second-order valence-corrected chi connectivity index (χ2v) is 4.48. The van der Waals surface area contributed by atoms with E-state index in [9.17, 15) is 14.4 Å². The van der Waals surface area contributed by atoms with E-state index in [0.717, 1.165) is 6.42 Å². The molecule has 102 valence electrons. The predicted molar refractivity (Wildman–Crippen MR) is 65.6 cm³/mol. The van der Waals surface area contributed by atoms with Gasteiger partial charge in [-0.25, -0.2) is 4.79 Å². The fourth-order valence-electron chi connectivity index (χ4n) is 1.86. The predicted octanol–water partition coefficient (Wildman–Crippen LogP) is -0.972. The van der Waals surface area contributed by atoms with Crippen molar-refractivity contribution < 1.29 is 14.4 Å². The maximum atomic E-state index is 12.3. The maximum Gasteiger partial charge on any atom is 0.312 e. The Morgan fingerprint density at radius 3 is 2.72 bits per heavy atom. The third kappa shape index (κ3) is 3.61. The monoisotopic (exact) mass is 256 g/mol. The highest BCUT2D eigenvalue weighted by atomic mass is 16.2. The summed E-state index contributed by atoms with van der Waals surface area (Å²) in [6, 6.07) is -1.39. The zero-order valence-electron chi connectivity index (χ0n) is 10.7. The summed E-state index contributed by atoms with van der Waals surface area (Å²) in [6.07, 6.45) is 0.733. The molecule has 2 atom stereocenters. The first kappa shape index (κ1) is 14.3. The molecule has 4 N–H and O–H groups in total. The van der Waals surface area contributed by atoms with Crippen LogP contribution in [0, 0.1) is 5.92 Å². The zero-order valence-corrected chi connectivity index (χ0v) is 10.7. The number of carbonyl (C=O) groups is 3. The van der Waals surface area contributed by atoms with Crippen LogP contribution in [0.15, 0.2) is 0 Å². The molecule has 4 amide bonds. The topological polar surface area (TPSA) is 105 Å². The molecule has 0 aliphatic carbocycles. The van der Waals surface area contributed by atoms with Gasteiger partial charge in [-0.2, -0.15) is 0 Å². The Hall–Kier alpha value is -1.79. The van der Waals surface area contributed by atoms with E-state index in [2.05, 4.69) is 10.6 Å². The lowest BCUT2D eigenvalue weighted by Crippen LogP contribution is -2.58. The van der Waals surface area contributed by atoms with E-state index in [1.165, 1.54) is 4.90 Å². The van der Waals surface area contributed by atoms with Crippen LogP contribution in [0.3, 0.4) is 0 Å². The fourth-order valence-corrected chi connectivity index (χ4v) is 1.86. The highest BCUT2D eigenvalue weighted by Gasteiger charge is 2.31. The summed E-state index contributed by atoms with van der Waals surface area (Å²) in [4.78, 5) is 35.9. The van der Waals surface area contributed by atoms with Gasteiger partial charge in [-0.05, 0) is 5.92 Å². The Labute approximate surface area is 106 Å². The highest BCUT2D eigenvalue weighted by molar-refractivity contribution is 5.90. The smallest absolute Gasteiger partial charge is 0.312 e. The molecule has 0 spiro atoms. The number of primary amides is 1. The molecule has 7 nitrogen and oxygen atoms in total. The number of carbonyl (C=O) groups excluding carboxylic acids is 3. The zero-order chi connectivity index (χ0) is 13.7. The summed E-state index contributed by atoms with van der Waals surface area (Å²) >= 11 is 0. The summed E-state index contributed by atoms with van der Waals surface area (Å²) in [5.74, 6) is -0.468. The average molecular weight is 256 g/mol. The number of nitrogens with one attached hydrogen (secondary N) is 2. The van der Waals surface area contributed by atoms with Crippen molar-refractivity contribution in [3.63, 3.8) is 0 Å². The van der Waals surface area contributed by atoms with Gasteiger partial charge in [-0.3, -0.25) is 9.59 Å². The van der Waals surface area contributed by atoms with E-state index in [0.29, 0.717) is 13.1 Å². The summed E-state index contributed by atoms with van der Waals surface area (Å²) in [6.45, 7) is 4.72. The van der Waals surface area contributed by atoms with Gasteiger partial charge in [0.05, 0.1) is 6.54 Å². The number of nitrogens with zero attached hydrogens (tertiary/aromatic N) is 1. The lowest BCUT2D eigenvalue weighted by Gasteiger charge is -2.32. The van der Waals surface area contributed by atoms with E-state index >= 15 is 0 Å². The average Bonchev–Trinajstić information content (AvgIpc) is 2.34. The van der Waals surface area contributed by atoms with E-state index in [1.54, 1.807) is 0 Å². The quantitative estimate of drug-likeness (QED) is 0.602. The molecule has 1 rings (SSSR count). The van der Waals surface area contributed by atoms with Gasteiger partial charge in [0, 0.05) is 13.1 Å². The van der Waals surface area contributed by atoms with Gasteiger partial charge >= 0.3 is 6.03 Å². The lowest BCUT2D eigenvalue weighted by molar-refractivity contribution is -0.140. The Balaban J connectivity index is 2.74. The van der Waals surface area contributed by atoms with E-state index < -0.39 is 12.1 Å². The van der Waals surface area contributed by atoms with Gasteiger partial charge in [0.2, 0.25) is 11.8 Å². The molecule has 1 fully saturated rings. The first-order chi connectivity index (χ1) is 8.45. The molecular formula is C11H20N4O3. The van der Waals surface area contributed by atoms with Crippen molar-refractivity contribution in [1.82, 2.24) is 15.5 Å². The first-order valence-electron chi connectivity index (χ1n) is 6.07. The fraction of sp³-hybridized carbons (Fsp3) is 0.727. The summed E-state index contributed by atoms with van der Waals surface area (Å²) in [7, 11) is 0. The molecule has 0 unspecified atom stereocenters. The Morgan fingerprint density at radius 2 is 2.22 bits per heavy atom. The lowest BCUT2D eigenvalue weighted by atomic mass is 9.97. The van der Waals surface area contributed by atoms with Crippen molar-refractivity contribution in [3.05, 3.63) is 0 Å². The van der Waals surface area contributed by atoms with Crippen molar-refractivity contribution in [3.8, 4) is 0 Å². The van der Waals surface area contributed by atoms with E-state index in [4.69, 9.17) is 5.73 Å². The molecule has 1 saturated heterocycles. The molecule has 0 aromatic heterocycles. The summed E-state index contributed by atoms with van der Waals surface area (Å²) in [5, 5.41) is 5.10. The maximum absolute atomic E-state index is 12.3. The number of amides is 4. The number of hydrogen-bond acceptors (Lipinski definition) is 3. The van der Waals surface area contributed by atoms with Gasteiger partial charge in [-0.15, -0.1) is 0 Å². The van der Waals surface area contributed by atoms with Crippen LogP contribution in [0.25, 0.3) is 0 Å². The molecule has 1 heterocycles. The summed E-state index contributed by atoms with van der Waals surface area (Å²) < 4.78 is 0. The number of nitrogens with two attached hydrogens (primary N) is 1. The van der Waals surface area contributed by atoms with Crippen LogP contribution in [0.2, 0.25) is 0 Å². The molecule has 0 aromatic carbocycles. The largest absolute Gasteiger partial charge is 0.353 e. The van der Waals surface area contributed by atoms with E-state index in [-0.39, 0.29) is 24.3 Å². The standard InChI is InChI=1S/C11H20N4O3/c1-3-7(2)9(14-11(12)18)10(17)15-5-4-13-8(16)6-15/h7,9H,3-6H2,1-2H3,(H,13,16)(H3,12,14,18)/t7-,9-/m0/s1. The Morgan fingerprint density at radius 1 is 1.56 bits per heavy atom. The van der Waals surface area contributed by atoms with Crippen molar-refractivity contribution in [2.24, 2.45) is 11.7 Å². The van der Waals surface area contributed by atoms with Gasteiger partial charge < -0.3 is 21.3 Å². The minimum absolute atomic E-state index is 0.0324. The highest BCUT2D eigenvalue weighted by Crippen LogP contribution is 2.11. The minimum Gasteiger partial charge on any atom is -0.353 e. The van der Waals surface area contributed by atoms with Crippen LogP contribution in [-0.4, -0.2) is 48.4 Å². The molecule has 7 heteroatoms. The molecular weight excluding hydrogens is 236 g/mol.